The monoisotopic (exact) mass is 172 g/mol. The second kappa shape index (κ2) is 2.94. The zero-order valence-electron chi connectivity index (χ0n) is 10.9. The van der Waals surface area contributed by atoms with Crippen LogP contribution in [0, 0.1) is 0 Å². The highest BCUT2D eigenvalue weighted by molar-refractivity contribution is 5.30. The lowest BCUT2D eigenvalue weighted by atomic mass is 10.3. The second-order valence-corrected chi connectivity index (χ2v) is 2.04. The first-order valence-corrected chi connectivity index (χ1v) is 3.15. The molecule has 1 fully saturated rings. The summed E-state index contributed by atoms with van der Waals surface area (Å²) in [6, 6.07) is -0.342. The van der Waals surface area contributed by atoms with Crippen molar-refractivity contribution < 1.29 is 16.3 Å². The summed E-state index contributed by atoms with van der Waals surface area (Å²) >= 11 is 0. The Balaban J connectivity index is 2.25. The van der Waals surface area contributed by atoms with Gasteiger partial charge in [0.1, 0.15) is 6.08 Å². The number of nitrogens with two attached hydrogens (primary N) is 1. The van der Waals surface area contributed by atoms with Gasteiger partial charge in [0.25, 0.3) is 0 Å². The van der Waals surface area contributed by atoms with Gasteiger partial charge in [-0.05, 0) is 0 Å². The molecule has 2 N–H and O–H groups in total. The number of anilines is 1. The number of aromatic nitrogens is 2. The first kappa shape index (κ1) is 3.57. The Bertz CT molecular complexity index is 424. The van der Waals surface area contributed by atoms with Gasteiger partial charge in [-0.3, -0.25) is 0 Å². The fourth-order valence-electron chi connectivity index (χ4n) is 0.605. The van der Waals surface area contributed by atoms with Crippen LogP contribution in [0.4, 0.5) is 5.69 Å². The van der Waals surface area contributed by atoms with E-state index in [-0.39, 0.29) is 11.7 Å². The van der Waals surface area contributed by atoms with Gasteiger partial charge in [0.2, 0.25) is 0 Å². The van der Waals surface area contributed by atoms with Crippen LogP contribution < -0.4 is 10.5 Å². The minimum atomic E-state index is -2.58. The molecular weight excluding hydrogens is 158 g/mol. The smallest absolute Gasteiger partial charge is 0.316 e. The molecule has 0 radical (unpaired) electrons. The molecule has 0 aromatic carbocycles. The van der Waals surface area contributed by atoms with Gasteiger partial charge in [0.05, 0.1) is 38.1 Å². The van der Waals surface area contributed by atoms with Gasteiger partial charge in [-0.2, -0.15) is 0 Å². The summed E-state index contributed by atoms with van der Waals surface area (Å²) in [5, 5.41) is 0. The van der Waals surface area contributed by atoms with Crippen molar-refractivity contribution in [3.63, 3.8) is 0 Å². The third-order valence-electron chi connectivity index (χ3n) is 1.13. The maximum absolute atomic E-state index is 7.65. The van der Waals surface area contributed by atoms with Crippen molar-refractivity contribution in [2.75, 3.05) is 18.9 Å². The highest BCUT2D eigenvalue weighted by Crippen LogP contribution is 2.10. The molecule has 64 valence electrons. The molecule has 1 aliphatic rings. The molecule has 1 aromatic rings. The van der Waals surface area contributed by atoms with Gasteiger partial charge in [-0.25, -0.2) is 9.97 Å². The minimum absolute atomic E-state index is 0.271. The first-order valence-electron chi connectivity index (χ1n) is 5.65. The molecular formula is C7H9N3O2. The van der Waals surface area contributed by atoms with E-state index < -0.39 is 19.2 Å². The van der Waals surface area contributed by atoms with Gasteiger partial charge in [-0.15, -0.1) is 0 Å². The van der Waals surface area contributed by atoms with Gasteiger partial charge in [-0.1, -0.05) is 0 Å². The van der Waals surface area contributed by atoms with Crippen molar-refractivity contribution >= 4 is 5.69 Å². The van der Waals surface area contributed by atoms with Crippen LogP contribution in [-0.2, 0) is 4.74 Å². The third kappa shape index (κ3) is 1.45. The van der Waals surface area contributed by atoms with E-state index in [9.17, 15) is 0 Å². The van der Waals surface area contributed by atoms with Gasteiger partial charge in [0.15, 0.2) is 0 Å². The summed E-state index contributed by atoms with van der Waals surface area (Å²) in [4.78, 5) is 7.22. The standard InChI is InChI=1S/C7H9N3O2/c8-5-1-9-7(10-2-5)12-6-3-11-4-6/h1-2,6H,3-4,8H2/i3D2,4D2,6D. The summed E-state index contributed by atoms with van der Waals surface area (Å²) in [6.45, 7) is -5.16. The van der Waals surface area contributed by atoms with E-state index in [4.69, 9.17) is 17.3 Å². The average Bonchev–Trinajstić information content (AvgIpc) is 2.19. The summed E-state index contributed by atoms with van der Waals surface area (Å²) in [5.41, 5.74) is 5.61. The van der Waals surface area contributed by atoms with E-state index in [1.165, 1.54) is 12.4 Å². The molecule has 5 nitrogen and oxygen atoms in total. The number of hydrogen-bond donors (Lipinski definition) is 1. The highest BCUT2D eigenvalue weighted by atomic mass is 16.6. The largest absolute Gasteiger partial charge is 0.455 e. The van der Waals surface area contributed by atoms with Crippen molar-refractivity contribution in [2.24, 2.45) is 0 Å². The van der Waals surface area contributed by atoms with Crippen LogP contribution in [-0.4, -0.2) is 29.2 Å². The fraction of sp³-hybridized carbons (Fsp3) is 0.429. The molecule has 2 heterocycles. The van der Waals surface area contributed by atoms with Crippen molar-refractivity contribution in [3.05, 3.63) is 12.4 Å². The molecule has 1 saturated heterocycles. The predicted octanol–water partition coefficient (Wildman–Crippen LogP) is -0.164. The zero-order chi connectivity index (χ0) is 12.9. The van der Waals surface area contributed by atoms with Crippen LogP contribution in [0.25, 0.3) is 0 Å². The summed E-state index contributed by atoms with van der Waals surface area (Å²) in [5.74, 6) is 0. The number of ether oxygens (including phenoxy) is 2. The molecule has 2 rings (SSSR count). The maximum atomic E-state index is 7.65. The molecule has 1 aliphatic heterocycles. The summed E-state index contributed by atoms with van der Waals surface area (Å²) in [6.07, 6.45) is -0.150. The first-order chi connectivity index (χ1) is 7.68. The Morgan fingerprint density at radius 3 is 2.92 bits per heavy atom. The van der Waals surface area contributed by atoms with E-state index in [0.717, 1.165) is 0 Å². The zero-order valence-corrected chi connectivity index (χ0v) is 5.94. The van der Waals surface area contributed by atoms with E-state index in [0.29, 0.717) is 0 Å². The molecule has 5 heteroatoms. The SMILES string of the molecule is [2H]C1([2H])OC([2H])([2H])C1([2H])Oc1ncc(N)cn1. The number of rotatable bonds is 2. The molecule has 0 unspecified atom stereocenters. The molecule has 0 spiro atoms. The molecule has 0 bridgehead atoms. The molecule has 1 aromatic heterocycles. The van der Waals surface area contributed by atoms with Crippen LogP contribution in [0.1, 0.15) is 6.85 Å². The Labute approximate surface area is 76.6 Å². The minimum Gasteiger partial charge on any atom is -0.455 e. The Morgan fingerprint density at radius 2 is 2.33 bits per heavy atom. The molecule has 0 amide bonds. The van der Waals surface area contributed by atoms with Crippen LogP contribution in [0.15, 0.2) is 12.4 Å². The summed E-state index contributed by atoms with van der Waals surface area (Å²) in [7, 11) is 0. The lowest BCUT2D eigenvalue weighted by molar-refractivity contribution is -0.0831. The Hall–Kier alpha value is -1.36. The van der Waals surface area contributed by atoms with Crippen LogP contribution >= 0.6 is 0 Å². The van der Waals surface area contributed by atoms with E-state index in [2.05, 4.69) is 14.7 Å². The third-order valence-corrected chi connectivity index (χ3v) is 1.13. The van der Waals surface area contributed by atoms with Crippen molar-refractivity contribution in [2.45, 2.75) is 6.08 Å². The number of nitrogens with zero attached hydrogens (tertiary/aromatic N) is 2. The van der Waals surface area contributed by atoms with E-state index in [1.54, 1.807) is 0 Å². The lowest BCUT2D eigenvalue weighted by Gasteiger charge is -2.25. The van der Waals surface area contributed by atoms with E-state index >= 15 is 0 Å². The predicted molar refractivity (Wildman–Crippen MR) is 41.7 cm³/mol. The molecule has 0 aliphatic carbocycles. The number of hydrogen-bond acceptors (Lipinski definition) is 5. The summed E-state index contributed by atoms with van der Waals surface area (Å²) < 4.78 is 45.9. The van der Waals surface area contributed by atoms with Gasteiger partial charge < -0.3 is 15.2 Å². The van der Waals surface area contributed by atoms with Crippen molar-refractivity contribution in [1.29, 1.82) is 0 Å². The fourth-order valence-corrected chi connectivity index (χ4v) is 0.605. The van der Waals surface area contributed by atoms with Crippen molar-refractivity contribution in [3.8, 4) is 6.01 Å². The van der Waals surface area contributed by atoms with Gasteiger partial charge >= 0.3 is 6.01 Å². The van der Waals surface area contributed by atoms with Crippen LogP contribution in [0.2, 0.25) is 0 Å². The van der Waals surface area contributed by atoms with E-state index in [1.807, 2.05) is 0 Å². The van der Waals surface area contributed by atoms with Crippen molar-refractivity contribution in [1.82, 2.24) is 9.97 Å². The van der Waals surface area contributed by atoms with Crippen LogP contribution in [0.5, 0.6) is 6.01 Å². The maximum Gasteiger partial charge on any atom is 0.316 e. The topological polar surface area (TPSA) is 70.3 Å². The van der Waals surface area contributed by atoms with Crippen LogP contribution in [0.3, 0.4) is 0 Å². The van der Waals surface area contributed by atoms with Gasteiger partial charge in [0, 0.05) is 0 Å². The quantitative estimate of drug-likeness (QED) is 0.671. The number of nitrogen functional groups attached to an aromatic ring is 1. The molecule has 12 heavy (non-hydrogen) atoms. The Morgan fingerprint density at radius 1 is 1.67 bits per heavy atom. The second-order valence-electron chi connectivity index (χ2n) is 2.04. The molecule has 0 saturated carbocycles. The lowest BCUT2D eigenvalue weighted by Crippen LogP contribution is -2.38. The molecule has 0 atom stereocenters. The highest BCUT2D eigenvalue weighted by Gasteiger charge is 2.20. The Kier molecular flexibility index (Phi) is 0.875. The average molecular weight is 172 g/mol. The normalized spacial score (nSPS) is 34.2.